The first kappa shape index (κ1) is 21.6. The molecule has 0 bridgehead atoms. The molecule has 6 heteroatoms. The third kappa shape index (κ3) is 5.34. The molecule has 2 aromatic carbocycles. The van der Waals surface area contributed by atoms with Crippen LogP contribution in [0.25, 0.3) is 5.65 Å². The van der Waals surface area contributed by atoms with Crippen molar-refractivity contribution in [3.05, 3.63) is 96.2 Å². The lowest BCUT2D eigenvalue weighted by atomic mass is 9.96. The molecule has 3 heterocycles. The summed E-state index contributed by atoms with van der Waals surface area (Å²) >= 11 is 4.09. The average molecular weight is 432 g/mol. The third-order valence-corrected chi connectivity index (χ3v) is 6.05. The summed E-state index contributed by atoms with van der Waals surface area (Å²) in [6.45, 7) is 8.04. The summed E-state index contributed by atoms with van der Waals surface area (Å²) < 4.78 is 1.81. The van der Waals surface area contributed by atoms with Crippen molar-refractivity contribution in [3.63, 3.8) is 0 Å². The van der Waals surface area contributed by atoms with Gasteiger partial charge in [-0.1, -0.05) is 73.7 Å². The largest absolute Gasteiger partial charge is 0.301 e. The Bertz CT molecular complexity index is 1020. The van der Waals surface area contributed by atoms with Gasteiger partial charge in [-0.2, -0.15) is 0 Å². The zero-order valence-corrected chi connectivity index (χ0v) is 18.8. The normalized spacial score (nSPS) is 15.1. The smallest absolute Gasteiger partial charge is 0.192 e. The summed E-state index contributed by atoms with van der Waals surface area (Å²) in [7, 11) is 0. The van der Waals surface area contributed by atoms with Gasteiger partial charge in [-0.05, 0) is 29.8 Å². The highest BCUT2D eigenvalue weighted by Crippen LogP contribution is 2.29. The fraction of sp³-hybridized carbons (Fsp3) is 0.280. The minimum Gasteiger partial charge on any atom is -0.301 e. The van der Waals surface area contributed by atoms with Crippen LogP contribution >= 0.6 is 12.6 Å². The molecule has 0 saturated carbocycles. The Morgan fingerprint density at radius 1 is 0.774 bits per heavy atom. The second-order valence-corrected chi connectivity index (χ2v) is 8.02. The van der Waals surface area contributed by atoms with E-state index in [2.05, 4.69) is 100 Å². The molecule has 1 aliphatic heterocycles. The van der Waals surface area contributed by atoms with Gasteiger partial charge in [-0.15, -0.1) is 22.8 Å². The topological polar surface area (TPSA) is 36.7 Å². The van der Waals surface area contributed by atoms with E-state index in [1.807, 2.05) is 28.8 Å². The van der Waals surface area contributed by atoms with E-state index < -0.39 is 0 Å². The standard InChI is InChI=1S/C19H24N2.C6H5N3S/c1-2-20-13-15-21(16-14-20)19(17-9-5-3-6-10-17)18-11-7-4-8-12-18;10-6-8-7-5-3-1-2-4-9(5)6/h3-12,19H,2,13-16H2,1H3;1-4H,(H,8,10). The van der Waals surface area contributed by atoms with E-state index in [1.54, 1.807) is 0 Å². The van der Waals surface area contributed by atoms with Crippen molar-refractivity contribution in [1.82, 2.24) is 24.4 Å². The summed E-state index contributed by atoms with van der Waals surface area (Å²) in [6, 6.07) is 27.9. The highest BCUT2D eigenvalue weighted by Gasteiger charge is 2.25. The van der Waals surface area contributed by atoms with Crippen LogP contribution in [0.4, 0.5) is 0 Å². The van der Waals surface area contributed by atoms with Crippen molar-refractivity contribution in [2.45, 2.75) is 18.1 Å². The fourth-order valence-electron chi connectivity index (χ4n) is 4.05. The Morgan fingerprint density at radius 3 is 1.90 bits per heavy atom. The molecule has 4 aromatic rings. The van der Waals surface area contributed by atoms with Crippen LogP contribution in [0, 0.1) is 0 Å². The van der Waals surface area contributed by atoms with E-state index in [0.29, 0.717) is 11.2 Å². The average Bonchev–Trinajstić information content (AvgIpc) is 3.22. The summed E-state index contributed by atoms with van der Waals surface area (Å²) in [6.07, 6.45) is 1.87. The first-order chi connectivity index (χ1) is 15.3. The Kier molecular flexibility index (Phi) is 7.35. The number of benzene rings is 2. The van der Waals surface area contributed by atoms with E-state index in [0.717, 1.165) is 25.3 Å². The lowest BCUT2D eigenvalue weighted by Crippen LogP contribution is -2.47. The maximum Gasteiger partial charge on any atom is 0.192 e. The number of hydrogen-bond acceptors (Lipinski definition) is 5. The van der Waals surface area contributed by atoms with Gasteiger partial charge in [0.25, 0.3) is 0 Å². The number of rotatable bonds is 4. The van der Waals surface area contributed by atoms with E-state index >= 15 is 0 Å². The van der Waals surface area contributed by atoms with E-state index in [-0.39, 0.29) is 0 Å². The highest BCUT2D eigenvalue weighted by atomic mass is 32.1. The first-order valence-electron chi connectivity index (χ1n) is 10.8. The van der Waals surface area contributed by atoms with Gasteiger partial charge >= 0.3 is 0 Å². The van der Waals surface area contributed by atoms with E-state index in [4.69, 9.17) is 0 Å². The molecule has 1 aliphatic rings. The van der Waals surface area contributed by atoms with Gasteiger partial charge in [-0.3, -0.25) is 9.30 Å². The zero-order valence-electron chi connectivity index (χ0n) is 17.9. The maximum atomic E-state index is 4.09. The van der Waals surface area contributed by atoms with Gasteiger partial charge in [0.1, 0.15) is 0 Å². The Balaban J connectivity index is 0.000000192. The number of piperazine rings is 1. The summed E-state index contributed by atoms with van der Waals surface area (Å²) in [5.74, 6) is 0. The molecular formula is C25H29N5S. The summed E-state index contributed by atoms with van der Waals surface area (Å²) in [5, 5.41) is 8.25. The SMILES string of the molecule is CCN1CCN(C(c2ccccc2)c2ccccc2)CC1.Sc1nnc2ccccn12. The number of thiol groups is 1. The van der Waals surface area contributed by atoms with E-state index in [1.165, 1.54) is 24.2 Å². The third-order valence-electron chi connectivity index (χ3n) is 5.75. The van der Waals surface area contributed by atoms with Gasteiger partial charge < -0.3 is 4.90 Å². The predicted molar refractivity (Wildman–Crippen MR) is 129 cm³/mol. The number of likely N-dealkylation sites (N-methyl/N-ethyl adjacent to an activating group) is 1. The summed E-state index contributed by atoms with van der Waals surface area (Å²) in [4.78, 5) is 5.15. The Labute approximate surface area is 189 Å². The lowest BCUT2D eigenvalue weighted by molar-refractivity contribution is 0.113. The van der Waals surface area contributed by atoms with Crippen LogP contribution in [-0.4, -0.2) is 57.1 Å². The number of pyridine rings is 1. The monoisotopic (exact) mass is 431 g/mol. The molecule has 0 N–H and O–H groups in total. The van der Waals surface area contributed by atoms with Crippen molar-refractivity contribution >= 4 is 18.3 Å². The molecule has 0 amide bonds. The van der Waals surface area contributed by atoms with Gasteiger partial charge in [-0.25, -0.2) is 0 Å². The minimum absolute atomic E-state index is 0.381. The van der Waals surface area contributed by atoms with Crippen LogP contribution < -0.4 is 0 Å². The Hall–Kier alpha value is -2.67. The maximum absolute atomic E-state index is 4.09. The molecule has 0 atom stereocenters. The molecule has 0 aliphatic carbocycles. The molecule has 1 saturated heterocycles. The highest BCUT2D eigenvalue weighted by molar-refractivity contribution is 7.80. The number of nitrogens with zero attached hydrogens (tertiary/aromatic N) is 5. The van der Waals surface area contributed by atoms with Crippen LogP contribution in [0.2, 0.25) is 0 Å². The van der Waals surface area contributed by atoms with E-state index in [9.17, 15) is 0 Å². The van der Waals surface area contributed by atoms with Crippen LogP contribution in [0.3, 0.4) is 0 Å². The molecule has 2 aromatic heterocycles. The first-order valence-corrected chi connectivity index (χ1v) is 11.3. The molecule has 0 unspecified atom stereocenters. The molecule has 31 heavy (non-hydrogen) atoms. The van der Waals surface area contributed by atoms with Crippen LogP contribution in [-0.2, 0) is 0 Å². The van der Waals surface area contributed by atoms with Crippen molar-refractivity contribution in [2.75, 3.05) is 32.7 Å². The number of fused-ring (bicyclic) bond motifs is 1. The summed E-state index contributed by atoms with van der Waals surface area (Å²) in [5.41, 5.74) is 3.62. The van der Waals surface area contributed by atoms with Crippen molar-refractivity contribution in [1.29, 1.82) is 0 Å². The van der Waals surface area contributed by atoms with Crippen molar-refractivity contribution in [3.8, 4) is 0 Å². The number of aromatic nitrogens is 3. The van der Waals surface area contributed by atoms with Gasteiger partial charge in [0.15, 0.2) is 10.8 Å². The molecule has 160 valence electrons. The zero-order chi connectivity index (χ0) is 21.5. The molecular weight excluding hydrogens is 402 g/mol. The predicted octanol–water partition coefficient (Wildman–Crippen LogP) is 4.43. The van der Waals surface area contributed by atoms with Crippen LogP contribution in [0.1, 0.15) is 24.1 Å². The second kappa shape index (κ2) is 10.6. The van der Waals surface area contributed by atoms with Crippen LogP contribution in [0.5, 0.6) is 0 Å². The molecule has 5 nitrogen and oxygen atoms in total. The second-order valence-electron chi connectivity index (χ2n) is 7.62. The minimum atomic E-state index is 0.381. The van der Waals surface area contributed by atoms with Gasteiger partial charge in [0.2, 0.25) is 0 Å². The van der Waals surface area contributed by atoms with Crippen molar-refractivity contribution in [2.24, 2.45) is 0 Å². The van der Waals surface area contributed by atoms with Gasteiger partial charge in [0, 0.05) is 32.4 Å². The Morgan fingerprint density at radius 2 is 1.35 bits per heavy atom. The molecule has 1 fully saturated rings. The fourth-order valence-corrected chi connectivity index (χ4v) is 4.27. The number of hydrogen-bond donors (Lipinski definition) is 1. The molecule has 5 rings (SSSR count). The lowest BCUT2D eigenvalue weighted by Gasteiger charge is -2.39. The molecule has 0 spiro atoms. The van der Waals surface area contributed by atoms with Crippen LogP contribution in [0.15, 0.2) is 90.2 Å². The van der Waals surface area contributed by atoms with Gasteiger partial charge in [0.05, 0.1) is 6.04 Å². The van der Waals surface area contributed by atoms with Crippen molar-refractivity contribution < 1.29 is 0 Å². The molecule has 0 radical (unpaired) electrons. The quantitative estimate of drug-likeness (QED) is 0.485.